The molecule has 0 unspecified atom stereocenters. The van der Waals surface area contributed by atoms with Crippen LogP contribution in [0.15, 0.2) is 35.4 Å². The number of amides is 1. The Hall–Kier alpha value is -1.64. The van der Waals surface area contributed by atoms with Crippen molar-refractivity contribution >= 4 is 12.1 Å². The predicted molar refractivity (Wildman–Crippen MR) is 70.9 cm³/mol. The number of nitrogens with one attached hydrogen (secondary N) is 1. The van der Waals surface area contributed by atoms with Crippen LogP contribution in [0.1, 0.15) is 38.2 Å². The van der Waals surface area contributed by atoms with Gasteiger partial charge in [0.1, 0.15) is 0 Å². The molecule has 1 amide bonds. The Morgan fingerprint density at radius 1 is 1.29 bits per heavy atom. The lowest BCUT2D eigenvalue weighted by molar-refractivity contribution is -0.121. The average Bonchev–Trinajstić information content (AvgIpc) is 2.36. The fraction of sp³-hybridized carbons (Fsp3) is 0.429. The van der Waals surface area contributed by atoms with Crippen molar-refractivity contribution in [2.75, 3.05) is 0 Å². The van der Waals surface area contributed by atoms with Crippen molar-refractivity contribution in [2.45, 2.75) is 39.0 Å². The standard InChI is InChI=1S/C14H20N2O/c1-2-3-5-10-14(17)16-15-12-11-13-8-6-4-7-9-13/h4,6-9,12H,2-3,5,10-11H2,1H3,(H,16,17). The van der Waals surface area contributed by atoms with E-state index in [1.54, 1.807) is 6.21 Å². The molecule has 0 aliphatic heterocycles. The van der Waals surface area contributed by atoms with E-state index in [2.05, 4.69) is 17.5 Å². The van der Waals surface area contributed by atoms with Crippen molar-refractivity contribution < 1.29 is 4.79 Å². The van der Waals surface area contributed by atoms with E-state index in [1.165, 1.54) is 5.56 Å². The molecule has 0 aliphatic rings. The van der Waals surface area contributed by atoms with Crippen LogP contribution in [-0.4, -0.2) is 12.1 Å². The van der Waals surface area contributed by atoms with Crippen molar-refractivity contribution in [1.82, 2.24) is 5.43 Å². The van der Waals surface area contributed by atoms with Gasteiger partial charge in [-0.15, -0.1) is 0 Å². The fourth-order valence-corrected chi connectivity index (χ4v) is 1.47. The highest BCUT2D eigenvalue weighted by Crippen LogP contribution is 1.99. The van der Waals surface area contributed by atoms with Crippen LogP contribution in [0, 0.1) is 0 Å². The van der Waals surface area contributed by atoms with Gasteiger partial charge in [0.15, 0.2) is 0 Å². The molecule has 1 N–H and O–H groups in total. The highest BCUT2D eigenvalue weighted by Gasteiger charge is 1.97. The minimum absolute atomic E-state index is 0.00256. The Morgan fingerprint density at radius 2 is 2.06 bits per heavy atom. The molecular formula is C14H20N2O. The van der Waals surface area contributed by atoms with Gasteiger partial charge in [-0.25, -0.2) is 5.43 Å². The van der Waals surface area contributed by atoms with Crippen LogP contribution < -0.4 is 5.43 Å². The molecule has 1 aromatic rings. The molecule has 0 fully saturated rings. The highest BCUT2D eigenvalue weighted by molar-refractivity contribution is 5.76. The Bertz CT molecular complexity index is 346. The van der Waals surface area contributed by atoms with Crippen LogP contribution in [0.25, 0.3) is 0 Å². The zero-order chi connectivity index (χ0) is 12.3. The zero-order valence-corrected chi connectivity index (χ0v) is 10.4. The minimum Gasteiger partial charge on any atom is -0.273 e. The number of hydrogen-bond donors (Lipinski definition) is 1. The maximum Gasteiger partial charge on any atom is 0.240 e. The number of unbranched alkanes of at least 4 members (excludes halogenated alkanes) is 2. The SMILES string of the molecule is CCCCCC(=O)NN=CCc1ccccc1. The second kappa shape index (κ2) is 8.50. The van der Waals surface area contributed by atoms with Gasteiger partial charge in [-0.3, -0.25) is 4.79 Å². The maximum absolute atomic E-state index is 11.3. The molecule has 0 saturated heterocycles. The molecule has 0 saturated carbocycles. The minimum atomic E-state index is 0.00256. The Labute approximate surface area is 103 Å². The van der Waals surface area contributed by atoms with Crippen LogP contribution in [-0.2, 0) is 11.2 Å². The van der Waals surface area contributed by atoms with Crippen molar-refractivity contribution in [1.29, 1.82) is 0 Å². The second-order valence-electron chi connectivity index (χ2n) is 3.99. The molecule has 0 bridgehead atoms. The van der Waals surface area contributed by atoms with E-state index in [-0.39, 0.29) is 5.91 Å². The number of benzene rings is 1. The van der Waals surface area contributed by atoms with Gasteiger partial charge in [-0.2, -0.15) is 5.10 Å². The Morgan fingerprint density at radius 3 is 2.76 bits per heavy atom. The summed E-state index contributed by atoms with van der Waals surface area (Å²) in [6.45, 7) is 2.12. The Kier molecular flexibility index (Phi) is 6.72. The number of hydrazone groups is 1. The molecule has 3 nitrogen and oxygen atoms in total. The summed E-state index contributed by atoms with van der Waals surface area (Å²) in [4.78, 5) is 11.3. The van der Waals surface area contributed by atoms with Crippen molar-refractivity contribution in [3.8, 4) is 0 Å². The number of rotatable bonds is 7. The van der Waals surface area contributed by atoms with Gasteiger partial charge in [0.25, 0.3) is 0 Å². The average molecular weight is 232 g/mol. The van der Waals surface area contributed by atoms with E-state index in [0.29, 0.717) is 6.42 Å². The molecule has 1 aromatic carbocycles. The third-order valence-electron chi connectivity index (χ3n) is 2.46. The molecule has 0 aliphatic carbocycles. The lowest BCUT2D eigenvalue weighted by atomic mass is 10.2. The summed E-state index contributed by atoms with van der Waals surface area (Å²) >= 11 is 0. The van der Waals surface area contributed by atoms with E-state index in [9.17, 15) is 4.79 Å². The first kappa shape index (κ1) is 13.4. The largest absolute Gasteiger partial charge is 0.273 e. The monoisotopic (exact) mass is 232 g/mol. The second-order valence-corrected chi connectivity index (χ2v) is 3.99. The molecule has 0 heterocycles. The van der Waals surface area contributed by atoms with Gasteiger partial charge >= 0.3 is 0 Å². The van der Waals surface area contributed by atoms with Crippen LogP contribution in [0.2, 0.25) is 0 Å². The van der Waals surface area contributed by atoms with Gasteiger partial charge < -0.3 is 0 Å². The van der Waals surface area contributed by atoms with Gasteiger partial charge in [-0.1, -0.05) is 50.1 Å². The van der Waals surface area contributed by atoms with E-state index < -0.39 is 0 Å². The Balaban J connectivity index is 2.15. The summed E-state index contributed by atoms with van der Waals surface area (Å²) in [5, 5.41) is 3.92. The number of nitrogens with zero attached hydrogens (tertiary/aromatic N) is 1. The van der Waals surface area contributed by atoms with E-state index in [1.807, 2.05) is 30.3 Å². The van der Waals surface area contributed by atoms with E-state index >= 15 is 0 Å². The first-order valence-corrected chi connectivity index (χ1v) is 6.17. The molecule has 92 valence electrons. The van der Waals surface area contributed by atoms with Gasteiger partial charge in [0.2, 0.25) is 5.91 Å². The van der Waals surface area contributed by atoms with Gasteiger partial charge in [0, 0.05) is 19.1 Å². The van der Waals surface area contributed by atoms with E-state index in [4.69, 9.17) is 0 Å². The molecule has 0 aromatic heterocycles. The lowest BCUT2D eigenvalue weighted by Crippen LogP contribution is -2.16. The van der Waals surface area contributed by atoms with Gasteiger partial charge in [-0.05, 0) is 12.0 Å². The molecule has 17 heavy (non-hydrogen) atoms. The maximum atomic E-state index is 11.3. The zero-order valence-electron chi connectivity index (χ0n) is 10.4. The van der Waals surface area contributed by atoms with Crippen molar-refractivity contribution in [3.63, 3.8) is 0 Å². The predicted octanol–water partition coefficient (Wildman–Crippen LogP) is 2.91. The van der Waals surface area contributed by atoms with Crippen LogP contribution in [0.4, 0.5) is 0 Å². The lowest BCUT2D eigenvalue weighted by Gasteiger charge is -1.98. The molecule has 0 atom stereocenters. The third kappa shape index (κ3) is 6.51. The number of carbonyl (C=O) groups excluding carboxylic acids is 1. The number of hydrogen-bond acceptors (Lipinski definition) is 2. The summed E-state index contributed by atoms with van der Waals surface area (Å²) in [5.74, 6) is 0.00256. The topological polar surface area (TPSA) is 41.5 Å². The fourth-order valence-electron chi connectivity index (χ4n) is 1.47. The summed E-state index contributed by atoms with van der Waals surface area (Å²) in [6.07, 6.45) is 6.21. The van der Waals surface area contributed by atoms with Crippen LogP contribution in [0.3, 0.4) is 0 Å². The highest BCUT2D eigenvalue weighted by atomic mass is 16.2. The van der Waals surface area contributed by atoms with Crippen LogP contribution >= 0.6 is 0 Å². The molecule has 0 radical (unpaired) electrons. The van der Waals surface area contributed by atoms with Crippen LogP contribution in [0.5, 0.6) is 0 Å². The molecule has 0 spiro atoms. The first-order valence-electron chi connectivity index (χ1n) is 6.17. The summed E-state index contributed by atoms with van der Waals surface area (Å²) in [5.41, 5.74) is 3.73. The first-order chi connectivity index (χ1) is 8.33. The molecular weight excluding hydrogens is 212 g/mol. The molecule has 1 rings (SSSR count). The summed E-state index contributed by atoms with van der Waals surface area (Å²) < 4.78 is 0. The van der Waals surface area contributed by atoms with Crippen molar-refractivity contribution in [3.05, 3.63) is 35.9 Å². The molecule has 3 heteroatoms. The summed E-state index contributed by atoms with van der Waals surface area (Å²) in [6, 6.07) is 10.0. The van der Waals surface area contributed by atoms with Gasteiger partial charge in [0.05, 0.1) is 0 Å². The summed E-state index contributed by atoms with van der Waals surface area (Å²) in [7, 11) is 0. The van der Waals surface area contributed by atoms with Crippen molar-refractivity contribution in [2.24, 2.45) is 5.10 Å². The normalized spacial score (nSPS) is 10.6. The quantitative estimate of drug-likeness (QED) is 0.438. The van der Waals surface area contributed by atoms with E-state index in [0.717, 1.165) is 25.7 Å². The third-order valence-corrected chi connectivity index (χ3v) is 2.46. The number of carbonyl (C=O) groups is 1. The smallest absolute Gasteiger partial charge is 0.240 e.